The average molecular weight is 251 g/mol. The van der Waals surface area contributed by atoms with E-state index in [0.717, 1.165) is 10.1 Å². The molecule has 0 radical (unpaired) electrons. The molecular weight excluding hydrogens is 242 g/mol. The lowest BCUT2D eigenvalue weighted by Gasteiger charge is -1.99. The summed E-state index contributed by atoms with van der Waals surface area (Å²) < 4.78 is 24.8. The van der Waals surface area contributed by atoms with Crippen LogP contribution in [0.25, 0.3) is 10.1 Å². The summed E-state index contributed by atoms with van der Waals surface area (Å²) in [4.78, 5) is 0.350. The molecule has 0 aliphatic carbocycles. The molecule has 0 spiro atoms. The highest BCUT2D eigenvalue weighted by Gasteiger charge is 2.18. The maximum atomic E-state index is 11.9. The first-order chi connectivity index (χ1) is 7.65. The minimum atomic E-state index is -3.32. The summed E-state index contributed by atoms with van der Waals surface area (Å²) in [6.45, 7) is 0. The molecule has 0 unspecified atom stereocenters. The van der Waals surface area contributed by atoms with Crippen molar-refractivity contribution in [2.45, 2.75) is 11.3 Å². The predicted octanol–water partition coefficient (Wildman–Crippen LogP) is 2.59. The molecule has 1 heterocycles. The van der Waals surface area contributed by atoms with E-state index >= 15 is 0 Å². The van der Waals surface area contributed by atoms with E-state index in [1.165, 1.54) is 11.3 Å². The zero-order valence-electron chi connectivity index (χ0n) is 8.38. The molecule has 1 aromatic heterocycles. The molecule has 2 aromatic rings. The second-order valence-electron chi connectivity index (χ2n) is 3.32. The highest BCUT2D eigenvalue weighted by molar-refractivity contribution is 7.91. The van der Waals surface area contributed by atoms with E-state index in [0.29, 0.717) is 4.90 Å². The lowest BCUT2D eigenvalue weighted by molar-refractivity contribution is 0.597. The zero-order valence-corrected chi connectivity index (χ0v) is 10.0. The van der Waals surface area contributed by atoms with Gasteiger partial charge in [-0.25, -0.2) is 8.42 Å². The van der Waals surface area contributed by atoms with E-state index in [4.69, 9.17) is 5.26 Å². The van der Waals surface area contributed by atoms with Crippen LogP contribution in [-0.2, 0) is 9.84 Å². The van der Waals surface area contributed by atoms with Gasteiger partial charge in [0.2, 0.25) is 0 Å². The van der Waals surface area contributed by atoms with Gasteiger partial charge in [-0.3, -0.25) is 0 Å². The Kier molecular flexibility index (Phi) is 2.95. The largest absolute Gasteiger partial charge is 0.224 e. The van der Waals surface area contributed by atoms with Gasteiger partial charge in [0, 0.05) is 21.9 Å². The standard InChI is InChI=1S/C11H9NO2S2/c12-6-3-7-16(13,14)11-8-15-10-5-2-1-4-9(10)11/h1-2,4-5,8H,3,7H2. The van der Waals surface area contributed by atoms with Gasteiger partial charge < -0.3 is 0 Å². The van der Waals surface area contributed by atoms with E-state index in [1.54, 1.807) is 11.4 Å². The lowest BCUT2D eigenvalue weighted by Crippen LogP contribution is -2.05. The van der Waals surface area contributed by atoms with Crippen molar-refractivity contribution in [1.29, 1.82) is 5.26 Å². The summed E-state index contributed by atoms with van der Waals surface area (Å²) in [6, 6.07) is 9.24. The number of hydrogen-bond donors (Lipinski definition) is 0. The van der Waals surface area contributed by atoms with E-state index in [-0.39, 0.29) is 12.2 Å². The monoisotopic (exact) mass is 251 g/mol. The van der Waals surface area contributed by atoms with Crippen LogP contribution in [-0.4, -0.2) is 14.2 Å². The normalized spacial score (nSPS) is 11.4. The van der Waals surface area contributed by atoms with Crippen LogP contribution in [0.1, 0.15) is 6.42 Å². The van der Waals surface area contributed by atoms with Crippen LogP contribution in [0.2, 0.25) is 0 Å². The molecule has 1 aromatic carbocycles. The number of hydrogen-bond acceptors (Lipinski definition) is 4. The molecule has 0 amide bonds. The molecule has 0 fully saturated rings. The molecule has 0 atom stereocenters. The zero-order chi connectivity index (χ0) is 11.6. The van der Waals surface area contributed by atoms with Crippen LogP contribution in [0.5, 0.6) is 0 Å². The summed E-state index contributed by atoms with van der Waals surface area (Å²) in [7, 11) is -3.32. The SMILES string of the molecule is N#CCCS(=O)(=O)c1csc2ccccc12. The first kappa shape index (κ1) is 11.1. The van der Waals surface area contributed by atoms with Gasteiger partial charge in [-0.15, -0.1) is 11.3 Å². The van der Waals surface area contributed by atoms with Crippen molar-refractivity contribution < 1.29 is 8.42 Å². The molecule has 82 valence electrons. The maximum Gasteiger partial charge on any atom is 0.180 e. The van der Waals surface area contributed by atoms with Crippen LogP contribution in [0.3, 0.4) is 0 Å². The first-order valence-electron chi connectivity index (χ1n) is 4.71. The molecule has 0 bridgehead atoms. The first-order valence-corrected chi connectivity index (χ1v) is 7.24. The van der Waals surface area contributed by atoms with Crippen LogP contribution in [0.4, 0.5) is 0 Å². The Balaban J connectivity index is 2.52. The number of fused-ring (bicyclic) bond motifs is 1. The fourth-order valence-corrected chi connectivity index (χ4v) is 4.20. The third kappa shape index (κ3) is 1.94. The second-order valence-corrected chi connectivity index (χ2v) is 6.31. The fraction of sp³-hybridized carbons (Fsp3) is 0.182. The number of benzene rings is 1. The number of nitriles is 1. The molecule has 5 heteroatoms. The third-order valence-corrected chi connectivity index (χ3v) is 5.13. The minimum Gasteiger partial charge on any atom is -0.224 e. The van der Waals surface area contributed by atoms with Gasteiger partial charge in [0.25, 0.3) is 0 Å². The smallest absolute Gasteiger partial charge is 0.180 e. The molecule has 3 nitrogen and oxygen atoms in total. The number of thiophene rings is 1. The highest BCUT2D eigenvalue weighted by Crippen LogP contribution is 2.29. The topological polar surface area (TPSA) is 57.9 Å². The van der Waals surface area contributed by atoms with Crippen LogP contribution < -0.4 is 0 Å². The van der Waals surface area contributed by atoms with Gasteiger partial charge >= 0.3 is 0 Å². The van der Waals surface area contributed by atoms with E-state index in [1.807, 2.05) is 24.3 Å². The quantitative estimate of drug-likeness (QED) is 0.842. The van der Waals surface area contributed by atoms with Gasteiger partial charge in [0.15, 0.2) is 9.84 Å². The summed E-state index contributed by atoms with van der Waals surface area (Å²) >= 11 is 1.41. The summed E-state index contributed by atoms with van der Waals surface area (Å²) in [5, 5.41) is 10.8. The van der Waals surface area contributed by atoms with Gasteiger partial charge in [0.1, 0.15) is 0 Å². The van der Waals surface area contributed by atoms with Crippen LogP contribution in [0.15, 0.2) is 34.5 Å². The van der Waals surface area contributed by atoms with E-state index in [2.05, 4.69) is 0 Å². The molecule has 0 N–H and O–H groups in total. The summed E-state index contributed by atoms with van der Waals surface area (Å²) in [5.74, 6) is -0.107. The van der Waals surface area contributed by atoms with Crippen LogP contribution >= 0.6 is 11.3 Å². The summed E-state index contributed by atoms with van der Waals surface area (Å²) in [5.41, 5.74) is 0. The summed E-state index contributed by atoms with van der Waals surface area (Å²) in [6.07, 6.45) is 0.0342. The molecule has 0 aliphatic rings. The lowest BCUT2D eigenvalue weighted by atomic mass is 10.3. The van der Waals surface area contributed by atoms with Crippen molar-refractivity contribution in [2.75, 3.05) is 5.75 Å². The maximum absolute atomic E-state index is 11.9. The molecule has 16 heavy (non-hydrogen) atoms. The Morgan fingerprint density at radius 1 is 1.31 bits per heavy atom. The third-order valence-electron chi connectivity index (χ3n) is 2.26. The fourth-order valence-electron chi connectivity index (χ4n) is 1.48. The number of rotatable bonds is 3. The number of sulfone groups is 1. The minimum absolute atomic E-state index is 0.0342. The molecular formula is C11H9NO2S2. The number of nitrogens with zero attached hydrogens (tertiary/aromatic N) is 1. The Hall–Kier alpha value is -1.38. The van der Waals surface area contributed by atoms with E-state index < -0.39 is 9.84 Å². The van der Waals surface area contributed by atoms with Crippen molar-refractivity contribution in [3.05, 3.63) is 29.6 Å². The van der Waals surface area contributed by atoms with Gasteiger partial charge in [-0.05, 0) is 6.07 Å². The molecule has 0 saturated carbocycles. The molecule has 2 rings (SSSR count). The average Bonchev–Trinajstić information content (AvgIpc) is 2.71. The van der Waals surface area contributed by atoms with E-state index in [9.17, 15) is 8.42 Å². The Bertz CT molecular complexity index is 650. The Morgan fingerprint density at radius 2 is 2.06 bits per heavy atom. The van der Waals surface area contributed by atoms with Crippen molar-refractivity contribution in [2.24, 2.45) is 0 Å². The van der Waals surface area contributed by atoms with Crippen molar-refractivity contribution in [3.63, 3.8) is 0 Å². The Labute approximate surface area is 97.9 Å². The van der Waals surface area contributed by atoms with Crippen molar-refractivity contribution >= 4 is 31.3 Å². The van der Waals surface area contributed by atoms with Gasteiger partial charge in [-0.2, -0.15) is 5.26 Å². The predicted molar refractivity (Wildman–Crippen MR) is 64.1 cm³/mol. The molecule has 0 aliphatic heterocycles. The van der Waals surface area contributed by atoms with Crippen molar-refractivity contribution in [1.82, 2.24) is 0 Å². The molecule has 0 saturated heterocycles. The van der Waals surface area contributed by atoms with Crippen molar-refractivity contribution in [3.8, 4) is 6.07 Å². The van der Waals surface area contributed by atoms with Gasteiger partial charge in [-0.1, -0.05) is 18.2 Å². The Morgan fingerprint density at radius 3 is 2.81 bits per heavy atom. The van der Waals surface area contributed by atoms with Gasteiger partial charge in [0.05, 0.1) is 16.7 Å². The van der Waals surface area contributed by atoms with Crippen LogP contribution in [0, 0.1) is 11.3 Å². The second kappa shape index (κ2) is 4.24. The highest BCUT2D eigenvalue weighted by atomic mass is 32.2.